The Morgan fingerprint density at radius 3 is 2.74 bits per heavy atom. The third-order valence-corrected chi connectivity index (χ3v) is 6.10. The Balaban J connectivity index is 1.55. The largest absolute Gasteiger partial charge is 0.353 e. The van der Waals surface area contributed by atoms with Crippen LogP contribution in [-0.4, -0.2) is 36.2 Å². The van der Waals surface area contributed by atoms with Gasteiger partial charge in [-0.15, -0.1) is 0 Å². The van der Waals surface area contributed by atoms with Gasteiger partial charge in [-0.1, -0.05) is 40.2 Å². The van der Waals surface area contributed by atoms with Gasteiger partial charge in [-0.25, -0.2) is 13.4 Å². The van der Waals surface area contributed by atoms with Crippen LogP contribution in [0.15, 0.2) is 53.0 Å². The molecule has 0 unspecified atom stereocenters. The fraction of sp³-hybridized carbons (Fsp3) is 0.263. The topological polar surface area (TPSA) is 81.1 Å². The molecule has 8 heteroatoms. The van der Waals surface area contributed by atoms with Crippen LogP contribution in [0.25, 0.3) is 11.0 Å². The van der Waals surface area contributed by atoms with Crippen molar-refractivity contribution in [2.24, 2.45) is 0 Å². The molecule has 2 aromatic carbocycles. The van der Waals surface area contributed by atoms with Crippen LogP contribution in [0.1, 0.15) is 11.4 Å². The third kappa shape index (κ3) is 5.17. The number of fused-ring (bicyclic) bond motifs is 1. The van der Waals surface area contributed by atoms with Crippen molar-refractivity contribution in [2.75, 3.05) is 12.3 Å². The monoisotopic (exact) mass is 449 g/mol. The maximum absolute atomic E-state index is 12.3. The van der Waals surface area contributed by atoms with Gasteiger partial charge in [-0.05, 0) is 36.8 Å². The molecule has 0 atom stereocenters. The molecule has 0 bridgehead atoms. The molecule has 0 aliphatic heterocycles. The number of aryl methyl sites for hydroxylation is 1. The van der Waals surface area contributed by atoms with Crippen LogP contribution < -0.4 is 5.32 Å². The van der Waals surface area contributed by atoms with E-state index in [2.05, 4.69) is 26.2 Å². The number of halogens is 1. The molecule has 1 aromatic heterocycles. The number of rotatable bonds is 7. The van der Waals surface area contributed by atoms with Gasteiger partial charge in [0.1, 0.15) is 11.6 Å². The van der Waals surface area contributed by atoms with Crippen molar-refractivity contribution in [3.63, 3.8) is 0 Å². The molecule has 0 fully saturated rings. The molecule has 0 spiro atoms. The quantitative estimate of drug-likeness (QED) is 0.601. The summed E-state index contributed by atoms with van der Waals surface area (Å²) >= 11 is 3.31. The summed E-state index contributed by atoms with van der Waals surface area (Å²) in [6.07, 6.45) is 0. The number of benzene rings is 2. The maximum Gasteiger partial charge on any atom is 0.235 e. The molecule has 1 amide bonds. The smallest absolute Gasteiger partial charge is 0.235 e. The average Bonchev–Trinajstić information content (AvgIpc) is 2.89. The van der Waals surface area contributed by atoms with Crippen molar-refractivity contribution in [3.05, 3.63) is 64.4 Å². The second-order valence-electron chi connectivity index (χ2n) is 6.31. The van der Waals surface area contributed by atoms with Crippen molar-refractivity contribution < 1.29 is 13.2 Å². The first-order valence-electron chi connectivity index (χ1n) is 8.47. The predicted octanol–water partition coefficient (Wildman–Crippen LogP) is 2.84. The van der Waals surface area contributed by atoms with Crippen LogP contribution in [0.5, 0.6) is 0 Å². The molecule has 3 rings (SSSR count). The normalized spacial score (nSPS) is 11.6. The summed E-state index contributed by atoms with van der Waals surface area (Å²) in [4.78, 5) is 16.5. The number of carbonyl (C=O) groups excluding carboxylic acids is 1. The van der Waals surface area contributed by atoms with Crippen molar-refractivity contribution >= 4 is 42.7 Å². The SMILES string of the molecule is Cc1nc2ccccc2n1CCNC(=O)CS(=O)(=O)Cc1cccc(Br)c1. The minimum absolute atomic E-state index is 0.162. The summed E-state index contributed by atoms with van der Waals surface area (Å²) in [5.74, 6) is -0.325. The van der Waals surface area contributed by atoms with E-state index in [0.29, 0.717) is 18.7 Å². The Morgan fingerprint density at radius 1 is 1.19 bits per heavy atom. The first kappa shape index (κ1) is 19.6. The number of carbonyl (C=O) groups is 1. The minimum atomic E-state index is -3.53. The van der Waals surface area contributed by atoms with Crippen molar-refractivity contribution in [1.82, 2.24) is 14.9 Å². The van der Waals surface area contributed by atoms with Crippen LogP contribution in [0.3, 0.4) is 0 Å². The molecule has 1 N–H and O–H groups in total. The van der Waals surface area contributed by atoms with Crippen molar-refractivity contribution in [2.45, 2.75) is 19.2 Å². The summed E-state index contributed by atoms with van der Waals surface area (Å²) in [7, 11) is -3.53. The number of nitrogens with one attached hydrogen (secondary N) is 1. The summed E-state index contributed by atoms with van der Waals surface area (Å²) in [5, 5.41) is 2.69. The number of hydrogen-bond donors (Lipinski definition) is 1. The standard InChI is InChI=1S/C19H20BrN3O3S/c1-14-22-17-7-2-3-8-18(17)23(14)10-9-21-19(24)13-27(25,26)12-15-5-4-6-16(20)11-15/h2-8,11H,9-10,12-13H2,1H3,(H,21,24). The number of nitrogens with zero attached hydrogens (tertiary/aromatic N) is 2. The van der Waals surface area contributed by atoms with E-state index < -0.39 is 21.5 Å². The van der Waals surface area contributed by atoms with Gasteiger partial charge in [-0.3, -0.25) is 4.79 Å². The van der Waals surface area contributed by atoms with Gasteiger partial charge in [0.2, 0.25) is 5.91 Å². The van der Waals surface area contributed by atoms with Crippen LogP contribution in [0.4, 0.5) is 0 Å². The lowest BCUT2D eigenvalue weighted by Crippen LogP contribution is -2.33. The van der Waals surface area contributed by atoms with Gasteiger partial charge in [0.15, 0.2) is 9.84 Å². The zero-order valence-electron chi connectivity index (χ0n) is 14.9. The Morgan fingerprint density at radius 2 is 1.96 bits per heavy atom. The lowest BCUT2D eigenvalue weighted by Gasteiger charge is -2.09. The summed E-state index contributed by atoms with van der Waals surface area (Å²) < 4.78 is 27.3. The summed E-state index contributed by atoms with van der Waals surface area (Å²) in [6, 6.07) is 14.8. The fourth-order valence-electron chi connectivity index (χ4n) is 2.97. The first-order valence-corrected chi connectivity index (χ1v) is 11.1. The van der Waals surface area contributed by atoms with E-state index in [4.69, 9.17) is 0 Å². The van der Waals surface area contributed by atoms with Gasteiger partial charge in [0, 0.05) is 17.6 Å². The number of para-hydroxylation sites is 2. The van der Waals surface area contributed by atoms with E-state index in [0.717, 1.165) is 21.3 Å². The number of sulfone groups is 1. The van der Waals surface area contributed by atoms with E-state index in [1.165, 1.54) is 0 Å². The molecule has 6 nitrogen and oxygen atoms in total. The van der Waals surface area contributed by atoms with Crippen LogP contribution >= 0.6 is 15.9 Å². The molecule has 0 aliphatic rings. The van der Waals surface area contributed by atoms with Gasteiger partial charge in [-0.2, -0.15) is 0 Å². The fourth-order valence-corrected chi connectivity index (χ4v) is 4.71. The molecular formula is C19H20BrN3O3S. The van der Waals surface area contributed by atoms with Gasteiger partial charge in [0.05, 0.1) is 16.8 Å². The molecule has 0 radical (unpaired) electrons. The van der Waals surface area contributed by atoms with Gasteiger partial charge < -0.3 is 9.88 Å². The van der Waals surface area contributed by atoms with Gasteiger partial charge >= 0.3 is 0 Å². The molecule has 3 aromatic rings. The van der Waals surface area contributed by atoms with Crippen molar-refractivity contribution in [3.8, 4) is 0 Å². The van der Waals surface area contributed by atoms with E-state index in [-0.39, 0.29) is 5.75 Å². The number of hydrogen-bond acceptors (Lipinski definition) is 4. The summed E-state index contributed by atoms with van der Waals surface area (Å²) in [6.45, 7) is 2.78. The number of imidazole rings is 1. The molecule has 142 valence electrons. The lowest BCUT2D eigenvalue weighted by atomic mass is 10.2. The van der Waals surface area contributed by atoms with Crippen LogP contribution in [0, 0.1) is 6.92 Å². The first-order chi connectivity index (χ1) is 12.8. The van der Waals surface area contributed by atoms with Crippen LogP contribution in [0.2, 0.25) is 0 Å². The van der Waals surface area contributed by atoms with Gasteiger partial charge in [0.25, 0.3) is 0 Å². The second-order valence-corrected chi connectivity index (χ2v) is 9.29. The average molecular weight is 450 g/mol. The highest BCUT2D eigenvalue weighted by atomic mass is 79.9. The zero-order chi connectivity index (χ0) is 19.4. The lowest BCUT2D eigenvalue weighted by molar-refractivity contribution is -0.118. The molecule has 0 saturated heterocycles. The third-order valence-electron chi connectivity index (χ3n) is 4.13. The van der Waals surface area contributed by atoms with E-state index in [1.54, 1.807) is 18.2 Å². The number of amides is 1. The van der Waals surface area contributed by atoms with E-state index in [1.807, 2.05) is 41.8 Å². The highest BCUT2D eigenvalue weighted by Crippen LogP contribution is 2.15. The zero-order valence-corrected chi connectivity index (χ0v) is 17.3. The molecule has 0 saturated carbocycles. The Bertz CT molecular complexity index is 1080. The Labute approximate surface area is 166 Å². The molecule has 0 aliphatic carbocycles. The van der Waals surface area contributed by atoms with E-state index in [9.17, 15) is 13.2 Å². The molecule has 27 heavy (non-hydrogen) atoms. The minimum Gasteiger partial charge on any atom is -0.353 e. The second kappa shape index (κ2) is 8.22. The predicted molar refractivity (Wildman–Crippen MR) is 109 cm³/mol. The van der Waals surface area contributed by atoms with E-state index >= 15 is 0 Å². The highest BCUT2D eigenvalue weighted by Gasteiger charge is 2.17. The Kier molecular flexibility index (Phi) is 5.96. The summed E-state index contributed by atoms with van der Waals surface area (Å²) in [5.41, 5.74) is 2.54. The molecular weight excluding hydrogens is 430 g/mol. The highest BCUT2D eigenvalue weighted by molar-refractivity contribution is 9.10. The Hall–Kier alpha value is -2.19. The maximum atomic E-state index is 12.3. The molecule has 1 heterocycles. The van der Waals surface area contributed by atoms with Crippen molar-refractivity contribution in [1.29, 1.82) is 0 Å². The van der Waals surface area contributed by atoms with Crippen LogP contribution in [-0.2, 0) is 26.9 Å². The number of aromatic nitrogens is 2.